The fourth-order valence-corrected chi connectivity index (χ4v) is 2.13. The quantitative estimate of drug-likeness (QED) is 0.719. The number of benzene rings is 1. The number of thioether (sulfide) groups is 1. The van der Waals surface area contributed by atoms with Gasteiger partial charge in [-0.15, -0.1) is 11.8 Å². The Kier molecular flexibility index (Phi) is 5.21. The van der Waals surface area contributed by atoms with Crippen LogP contribution in [0.25, 0.3) is 0 Å². The van der Waals surface area contributed by atoms with E-state index in [0.717, 1.165) is 23.9 Å². The van der Waals surface area contributed by atoms with Crippen molar-refractivity contribution in [1.82, 2.24) is 0 Å². The van der Waals surface area contributed by atoms with Gasteiger partial charge in [0.05, 0.1) is 5.56 Å². The minimum absolute atomic E-state index is 0.227. The Morgan fingerprint density at radius 2 is 1.95 bits per heavy atom. The first-order chi connectivity index (χ1) is 8.71. The van der Waals surface area contributed by atoms with Gasteiger partial charge in [0.25, 0.3) is 0 Å². The standard InChI is InChI=1S/C11H11F3O4S/c12-11(13,14)6-2-1-3-7(4-6)19-5-8(15)9(16)10(17)18/h1-4,8-9,15-16H,5H2,(H,17,18)/t8-,9+/m1/s1. The second-order valence-electron chi connectivity index (χ2n) is 3.69. The second-order valence-corrected chi connectivity index (χ2v) is 4.78. The van der Waals surface area contributed by atoms with E-state index in [2.05, 4.69) is 0 Å². The van der Waals surface area contributed by atoms with E-state index in [1.54, 1.807) is 0 Å². The van der Waals surface area contributed by atoms with Gasteiger partial charge in [0.15, 0.2) is 6.10 Å². The maximum atomic E-state index is 12.4. The molecule has 2 atom stereocenters. The Bertz CT molecular complexity index is 450. The highest BCUT2D eigenvalue weighted by molar-refractivity contribution is 7.99. The summed E-state index contributed by atoms with van der Waals surface area (Å²) < 4.78 is 37.3. The van der Waals surface area contributed by atoms with Crippen LogP contribution in [0.4, 0.5) is 13.2 Å². The van der Waals surface area contributed by atoms with E-state index in [1.165, 1.54) is 12.1 Å². The van der Waals surface area contributed by atoms with E-state index in [4.69, 9.17) is 10.2 Å². The molecule has 0 aliphatic carbocycles. The van der Waals surface area contributed by atoms with Crippen LogP contribution in [0.3, 0.4) is 0 Å². The predicted octanol–water partition coefficient (Wildman–Crippen LogP) is 1.60. The zero-order valence-corrected chi connectivity index (χ0v) is 10.3. The van der Waals surface area contributed by atoms with Crippen LogP contribution in [0, 0.1) is 0 Å². The zero-order valence-electron chi connectivity index (χ0n) is 9.46. The Hall–Kier alpha value is -1.25. The lowest BCUT2D eigenvalue weighted by Crippen LogP contribution is -2.35. The number of aliphatic hydroxyl groups is 2. The molecule has 4 nitrogen and oxygen atoms in total. The molecule has 1 aromatic rings. The van der Waals surface area contributed by atoms with Crippen LogP contribution in [0.5, 0.6) is 0 Å². The third-order valence-corrected chi connectivity index (χ3v) is 3.30. The van der Waals surface area contributed by atoms with Crippen molar-refractivity contribution in [2.45, 2.75) is 23.3 Å². The van der Waals surface area contributed by atoms with E-state index in [-0.39, 0.29) is 10.6 Å². The van der Waals surface area contributed by atoms with E-state index in [0.29, 0.717) is 0 Å². The number of hydrogen-bond donors (Lipinski definition) is 3. The molecule has 0 aliphatic rings. The largest absolute Gasteiger partial charge is 0.479 e. The number of rotatable bonds is 5. The lowest BCUT2D eigenvalue weighted by molar-refractivity contribution is -0.151. The normalized spacial score (nSPS) is 15.0. The van der Waals surface area contributed by atoms with Crippen LogP contribution in [0.15, 0.2) is 29.2 Å². The molecule has 8 heteroatoms. The number of aliphatic carboxylic acids is 1. The van der Waals surface area contributed by atoms with Gasteiger partial charge in [0.1, 0.15) is 6.10 Å². The van der Waals surface area contributed by atoms with Crippen molar-refractivity contribution in [2.24, 2.45) is 0 Å². The van der Waals surface area contributed by atoms with Crippen LogP contribution >= 0.6 is 11.8 Å². The molecule has 0 unspecified atom stereocenters. The molecule has 0 bridgehead atoms. The molecule has 0 fully saturated rings. The Labute approximate surface area is 110 Å². The van der Waals surface area contributed by atoms with Crippen molar-refractivity contribution in [3.8, 4) is 0 Å². The molecule has 0 spiro atoms. The fourth-order valence-electron chi connectivity index (χ4n) is 1.20. The highest BCUT2D eigenvalue weighted by Gasteiger charge is 2.30. The SMILES string of the molecule is O=C(O)[C@@H](O)[C@H](O)CSc1cccc(C(F)(F)F)c1. The maximum Gasteiger partial charge on any atom is 0.416 e. The average Bonchev–Trinajstić information content (AvgIpc) is 2.34. The van der Waals surface area contributed by atoms with E-state index >= 15 is 0 Å². The number of carbonyl (C=O) groups is 1. The minimum atomic E-state index is -4.46. The maximum absolute atomic E-state index is 12.4. The third kappa shape index (κ3) is 4.73. The van der Waals surface area contributed by atoms with Gasteiger partial charge in [-0.25, -0.2) is 4.79 Å². The first kappa shape index (κ1) is 15.8. The molecule has 0 saturated carbocycles. The Balaban J connectivity index is 2.66. The summed E-state index contributed by atoms with van der Waals surface area (Å²) in [5.41, 5.74) is -0.828. The fraction of sp³-hybridized carbons (Fsp3) is 0.364. The molecule has 0 aliphatic heterocycles. The summed E-state index contributed by atoms with van der Waals surface area (Å²) >= 11 is 0.831. The molecule has 0 aromatic heterocycles. The van der Waals surface area contributed by atoms with Crippen molar-refractivity contribution in [3.63, 3.8) is 0 Å². The number of carboxylic acid groups (broad SMARTS) is 1. The van der Waals surface area contributed by atoms with Crippen LogP contribution in [0.2, 0.25) is 0 Å². The summed E-state index contributed by atoms with van der Waals surface area (Å²) in [5.74, 6) is -1.81. The van der Waals surface area contributed by atoms with Crippen molar-refractivity contribution < 1.29 is 33.3 Å². The molecule has 3 N–H and O–H groups in total. The lowest BCUT2D eigenvalue weighted by Gasteiger charge is -2.14. The molecule has 0 amide bonds. The molecule has 0 heterocycles. The van der Waals surface area contributed by atoms with Gasteiger partial charge >= 0.3 is 12.1 Å². The van der Waals surface area contributed by atoms with Crippen LogP contribution < -0.4 is 0 Å². The van der Waals surface area contributed by atoms with Crippen LogP contribution in [-0.2, 0) is 11.0 Å². The molecule has 19 heavy (non-hydrogen) atoms. The van der Waals surface area contributed by atoms with Gasteiger partial charge in [-0.1, -0.05) is 6.07 Å². The van der Waals surface area contributed by atoms with Gasteiger partial charge in [-0.2, -0.15) is 13.2 Å². The molecule has 0 radical (unpaired) electrons. The number of alkyl halides is 3. The third-order valence-electron chi connectivity index (χ3n) is 2.20. The lowest BCUT2D eigenvalue weighted by atomic mass is 10.2. The van der Waals surface area contributed by atoms with E-state index in [9.17, 15) is 23.1 Å². The molecule has 1 aromatic carbocycles. The summed E-state index contributed by atoms with van der Waals surface area (Å²) in [7, 11) is 0. The molecule has 0 saturated heterocycles. The van der Waals surface area contributed by atoms with Gasteiger partial charge < -0.3 is 15.3 Å². The zero-order chi connectivity index (χ0) is 14.6. The number of hydrogen-bond acceptors (Lipinski definition) is 4. The first-order valence-electron chi connectivity index (χ1n) is 5.11. The van der Waals surface area contributed by atoms with Gasteiger partial charge in [-0.3, -0.25) is 0 Å². The van der Waals surface area contributed by atoms with Crippen molar-refractivity contribution in [3.05, 3.63) is 29.8 Å². The summed E-state index contributed by atoms with van der Waals surface area (Å²) in [5, 5.41) is 26.8. The van der Waals surface area contributed by atoms with Crippen molar-refractivity contribution in [2.75, 3.05) is 5.75 Å². The van der Waals surface area contributed by atoms with E-state index in [1.807, 2.05) is 0 Å². The van der Waals surface area contributed by atoms with Crippen LogP contribution in [-0.4, -0.2) is 39.2 Å². The number of aliphatic hydroxyl groups excluding tert-OH is 2. The summed E-state index contributed by atoms with van der Waals surface area (Å²) in [4.78, 5) is 10.6. The highest BCUT2D eigenvalue weighted by atomic mass is 32.2. The van der Waals surface area contributed by atoms with Crippen molar-refractivity contribution >= 4 is 17.7 Å². The molecular formula is C11H11F3O4S. The number of halogens is 3. The predicted molar refractivity (Wildman–Crippen MR) is 61.8 cm³/mol. The monoisotopic (exact) mass is 296 g/mol. The van der Waals surface area contributed by atoms with Crippen LogP contribution in [0.1, 0.15) is 5.56 Å². The summed E-state index contributed by atoms with van der Waals surface area (Å²) in [6.07, 6.45) is -7.98. The van der Waals surface area contributed by atoms with Gasteiger partial charge in [0.2, 0.25) is 0 Å². The van der Waals surface area contributed by atoms with Gasteiger partial charge in [0, 0.05) is 10.6 Å². The summed E-state index contributed by atoms with van der Waals surface area (Å²) in [6, 6.07) is 4.42. The summed E-state index contributed by atoms with van der Waals surface area (Å²) in [6.45, 7) is 0. The molecule has 1 rings (SSSR count). The average molecular weight is 296 g/mol. The van der Waals surface area contributed by atoms with Gasteiger partial charge in [-0.05, 0) is 18.2 Å². The molecular weight excluding hydrogens is 285 g/mol. The Morgan fingerprint density at radius 3 is 2.47 bits per heavy atom. The first-order valence-corrected chi connectivity index (χ1v) is 6.09. The second kappa shape index (κ2) is 6.27. The number of carboxylic acids is 1. The Morgan fingerprint density at radius 1 is 1.32 bits per heavy atom. The topological polar surface area (TPSA) is 77.8 Å². The van der Waals surface area contributed by atoms with E-state index < -0.39 is 29.9 Å². The smallest absolute Gasteiger partial charge is 0.416 e. The van der Waals surface area contributed by atoms with Crippen molar-refractivity contribution in [1.29, 1.82) is 0 Å². The molecule has 106 valence electrons. The highest BCUT2D eigenvalue weighted by Crippen LogP contribution is 2.32. The minimum Gasteiger partial charge on any atom is -0.479 e.